The number of benzene rings is 2. The molecule has 0 bridgehead atoms. The van der Waals surface area contributed by atoms with E-state index in [2.05, 4.69) is 4.98 Å². The minimum Gasteiger partial charge on any atom is -0.487 e. The molecule has 4 heteroatoms. The first-order valence-corrected chi connectivity index (χ1v) is 7.25. The fourth-order valence-electron chi connectivity index (χ4n) is 2.61. The molecule has 1 aliphatic rings. The van der Waals surface area contributed by atoms with Gasteiger partial charge in [-0.15, -0.1) is 0 Å². The Bertz CT molecular complexity index is 866. The van der Waals surface area contributed by atoms with E-state index in [1.165, 1.54) is 6.07 Å². The Labute approximate surface area is 127 Å². The van der Waals surface area contributed by atoms with E-state index in [0.29, 0.717) is 12.4 Å². The molecule has 0 saturated carbocycles. The third-order valence-corrected chi connectivity index (χ3v) is 3.81. The molecule has 1 fully saturated rings. The van der Waals surface area contributed by atoms with Crippen LogP contribution in [0.15, 0.2) is 59.4 Å². The first-order chi connectivity index (χ1) is 10.8. The number of H-pyrrole nitrogens is 1. The van der Waals surface area contributed by atoms with Crippen molar-refractivity contribution < 1.29 is 9.47 Å². The molecular formula is C18H15NO3. The lowest BCUT2D eigenvalue weighted by atomic mass is 10.1. The fourth-order valence-corrected chi connectivity index (χ4v) is 2.61. The average molecular weight is 293 g/mol. The molecule has 2 aromatic carbocycles. The molecule has 0 amide bonds. The predicted molar refractivity (Wildman–Crippen MR) is 84.0 cm³/mol. The number of aromatic nitrogens is 1. The van der Waals surface area contributed by atoms with Crippen LogP contribution in [-0.2, 0) is 11.3 Å². The van der Waals surface area contributed by atoms with Gasteiger partial charge in [0.25, 0.3) is 0 Å². The highest BCUT2D eigenvalue weighted by Gasteiger charge is 2.27. The van der Waals surface area contributed by atoms with Gasteiger partial charge in [0.1, 0.15) is 18.5 Å². The highest BCUT2D eigenvalue weighted by molar-refractivity contribution is 5.88. The van der Waals surface area contributed by atoms with Crippen LogP contribution in [0.4, 0.5) is 0 Å². The van der Waals surface area contributed by atoms with Crippen molar-refractivity contribution in [3.63, 3.8) is 0 Å². The van der Waals surface area contributed by atoms with Gasteiger partial charge in [-0.3, -0.25) is 4.79 Å². The van der Waals surface area contributed by atoms with Gasteiger partial charge >= 0.3 is 0 Å². The van der Waals surface area contributed by atoms with Crippen molar-refractivity contribution in [2.45, 2.75) is 12.7 Å². The van der Waals surface area contributed by atoms with Crippen molar-refractivity contribution in [2.75, 3.05) is 6.61 Å². The first-order valence-electron chi connectivity index (χ1n) is 7.25. The maximum Gasteiger partial charge on any atom is 0.248 e. The zero-order valence-electron chi connectivity index (χ0n) is 11.9. The van der Waals surface area contributed by atoms with Gasteiger partial charge in [0, 0.05) is 11.5 Å². The summed E-state index contributed by atoms with van der Waals surface area (Å²) < 4.78 is 11.3. The van der Waals surface area contributed by atoms with Crippen LogP contribution in [0.3, 0.4) is 0 Å². The van der Waals surface area contributed by atoms with E-state index >= 15 is 0 Å². The summed E-state index contributed by atoms with van der Waals surface area (Å²) in [5.74, 6) is 0.681. The minimum atomic E-state index is -0.133. The Hall–Kier alpha value is -2.59. The Morgan fingerprint density at radius 3 is 2.68 bits per heavy atom. The summed E-state index contributed by atoms with van der Waals surface area (Å²) in [5, 5.41) is 0.979. The fraction of sp³-hybridized carbons (Fsp3) is 0.167. The van der Waals surface area contributed by atoms with Crippen molar-refractivity contribution in [2.24, 2.45) is 0 Å². The second kappa shape index (κ2) is 5.31. The molecule has 1 saturated heterocycles. The summed E-state index contributed by atoms with van der Waals surface area (Å²) >= 11 is 0. The van der Waals surface area contributed by atoms with Crippen molar-refractivity contribution in [3.8, 4) is 5.75 Å². The standard InChI is InChI=1S/C18H15NO3/c20-17-9-7-14-13(16-11-22-16)6-8-15(18(14)19-17)21-10-12-4-2-1-3-5-12/h1-9,16H,10-11H2,(H,19,20)/t16-/m1/s1. The lowest BCUT2D eigenvalue weighted by Crippen LogP contribution is -2.05. The minimum absolute atomic E-state index is 0.133. The third kappa shape index (κ3) is 2.49. The zero-order chi connectivity index (χ0) is 14.9. The molecule has 110 valence electrons. The van der Waals surface area contributed by atoms with E-state index < -0.39 is 0 Å². The highest BCUT2D eigenvalue weighted by Crippen LogP contribution is 2.37. The predicted octanol–water partition coefficient (Wildman–Crippen LogP) is 3.18. The third-order valence-electron chi connectivity index (χ3n) is 3.81. The Morgan fingerprint density at radius 1 is 1.09 bits per heavy atom. The SMILES string of the molecule is O=c1ccc2c([C@H]3CO3)ccc(OCc3ccccc3)c2[nH]1. The summed E-state index contributed by atoms with van der Waals surface area (Å²) in [5.41, 5.74) is 2.78. The van der Waals surface area contributed by atoms with E-state index in [1.807, 2.05) is 48.5 Å². The molecule has 4 rings (SSSR count). The molecular weight excluding hydrogens is 278 g/mol. The summed E-state index contributed by atoms with van der Waals surface area (Å²) in [4.78, 5) is 14.5. The molecule has 1 aliphatic heterocycles. The molecule has 4 nitrogen and oxygen atoms in total. The van der Waals surface area contributed by atoms with Gasteiger partial charge in [0.15, 0.2) is 0 Å². The van der Waals surface area contributed by atoms with Gasteiger partial charge in [-0.1, -0.05) is 36.4 Å². The average Bonchev–Trinajstić information content (AvgIpc) is 3.38. The second-order valence-electron chi connectivity index (χ2n) is 5.36. The van der Waals surface area contributed by atoms with E-state index in [0.717, 1.165) is 28.6 Å². The van der Waals surface area contributed by atoms with E-state index in [9.17, 15) is 4.79 Å². The van der Waals surface area contributed by atoms with Crippen LogP contribution in [0.25, 0.3) is 10.9 Å². The largest absolute Gasteiger partial charge is 0.487 e. The van der Waals surface area contributed by atoms with Crippen LogP contribution in [0, 0.1) is 0 Å². The summed E-state index contributed by atoms with van der Waals surface area (Å²) in [6.07, 6.45) is 0.136. The van der Waals surface area contributed by atoms with Crippen molar-refractivity contribution in [1.82, 2.24) is 4.98 Å². The van der Waals surface area contributed by atoms with Gasteiger partial charge in [-0.2, -0.15) is 0 Å². The van der Waals surface area contributed by atoms with Crippen LogP contribution < -0.4 is 10.3 Å². The summed E-state index contributed by atoms with van der Waals surface area (Å²) in [6, 6.07) is 17.2. The maximum atomic E-state index is 11.7. The van der Waals surface area contributed by atoms with E-state index in [4.69, 9.17) is 9.47 Å². The molecule has 1 atom stereocenters. The summed E-state index contributed by atoms with van der Waals surface area (Å²) in [7, 11) is 0. The Morgan fingerprint density at radius 2 is 1.91 bits per heavy atom. The lowest BCUT2D eigenvalue weighted by Gasteiger charge is -2.11. The van der Waals surface area contributed by atoms with Gasteiger partial charge in [-0.25, -0.2) is 0 Å². The Balaban J connectivity index is 1.72. The number of hydrogen-bond acceptors (Lipinski definition) is 3. The number of ether oxygens (including phenoxy) is 2. The second-order valence-corrected chi connectivity index (χ2v) is 5.36. The van der Waals surface area contributed by atoms with E-state index in [1.54, 1.807) is 0 Å². The quantitative estimate of drug-likeness (QED) is 0.752. The van der Waals surface area contributed by atoms with Crippen LogP contribution in [0.5, 0.6) is 5.75 Å². The number of rotatable bonds is 4. The van der Waals surface area contributed by atoms with Crippen LogP contribution >= 0.6 is 0 Å². The molecule has 1 aromatic heterocycles. The molecule has 0 aliphatic carbocycles. The molecule has 22 heavy (non-hydrogen) atoms. The van der Waals surface area contributed by atoms with E-state index in [-0.39, 0.29) is 11.7 Å². The molecule has 0 spiro atoms. The first kappa shape index (κ1) is 13.1. The van der Waals surface area contributed by atoms with Gasteiger partial charge in [-0.05, 0) is 23.3 Å². The number of hydrogen-bond donors (Lipinski definition) is 1. The topological polar surface area (TPSA) is 54.6 Å². The van der Waals surface area contributed by atoms with Gasteiger partial charge in [0.2, 0.25) is 5.56 Å². The van der Waals surface area contributed by atoms with Crippen LogP contribution in [0.2, 0.25) is 0 Å². The molecule has 1 N–H and O–H groups in total. The number of epoxide rings is 1. The zero-order valence-corrected chi connectivity index (χ0v) is 11.9. The monoisotopic (exact) mass is 293 g/mol. The summed E-state index contributed by atoms with van der Waals surface area (Å²) in [6.45, 7) is 1.20. The normalized spacial score (nSPS) is 16.6. The van der Waals surface area contributed by atoms with Crippen LogP contribution in [0.1, 0.15) is 17.2 Å². The van der Waals surface area contributed by atoms with Crippen molar-refractivity contribution in [1.29, 1.82) is 0 Å². The van der Waals surface area contributed by atoms with Crippen LogP contribution in [-0.4, -0.2) is 11.6 Å². The Kier molecular flexibility index (Phi) is 3.16. The molecule has 3 aromatic rings. The smallest absolute Gasteiger partial charge is 0.248 e. The van der Waals surface area contributed by atoms with Gasteiger partial charge < -0.3 is 14.5 Å². The molecule has 0 unspecified atom stereocenters. The molecule has 0 radical (unpaired) electrons. The lowest BCUT2D eigenvalue weighted by molar-refractivity contribution is 0.309. The number of pyridine rings is 1. The van der Waals surface area contributed by atoms with Crippen molar-refractivity contribution >= 4 is 10.9 Å². The van der Waals surface area contributed by atoms with Crippen molar-refractivity contribution in [3.05, 3.63) is 76.1 Å². The molecule has 2 heterocycles. The number of fused-ring (bicyclic) bond motifs is 1. The number of nitrogens with one attached hydrogen (secondary N) is 1. The maximum absolute atomic E-state index is 11.7. The van der Waals surface area contributed by atoms with Gasteiger partial charge in [0.05, 0.1) is 12.1 Å². The highest BCUT2D eigenvalue weighted by atomic mass is 16.6. The number of aromatic amines is 1.